The molecule has 156 valence electrons. The van der Waals surface area contributed by atoms with E-state index in [9.17, 15) is 9.59 Å². The van der Waals surface area contributed by atoms with Crippen molar-refractivity contribution >= 4 is 102 Å². The summed E-state index contributed by atoms with van der Waals surface area (Å²) in [6, 6.07) is 21.1. The molecule has 0 N–H and O–H groups in total. The van der Waals surface area contributed by atoms with Gasteiger partial charge in [-0.2, -0.15) is 0 Å². The van der Waals surface area contributed by atoms with E-state index in [1.165, 1.54) is 8.47 Å². The van der Waals surface area contributed by atoms with Crippen molar-refractivity contribution in [3.05, 3.63) is 93.5 Å². The molecule has 2 amide bonds. The summed E-state index contributed by atoms with van der Waals surface area (Å²) in [6.45, 7) is 0.484. The second-order valence-corrected chi connectivity index (χ2v) is 11.1. The van der Waals surface area contributed by atoms with E-state index in [4.69, 9.17) is 4.74 Å². The number of benzene rings is 3. The average Bonchev–Trinajstić information content (AvgIpc) is 3.02. The van der Waals surface area contributed by atoms with E-state index >= 15 is 0 Å². The van der Waals surface area contributed by atoms with Crippen LogP contribution in [0.5, 0.6) is 5.75 Å². The van der Waals surface area contributed by atoms with Gasteiger partial charge in [-0.25, -0.2) is 4.90 Å². The zero-order chi connectivity index (χ0) is 22.0. The van der Waals surface area contributed by atoms with Crippen LogP contribution in [0.1, 0.15) is 11.1 Å². The van der Waals surface area contributed by atoms with Gasteiger partial charge in [0.05, 0.1) is 17.7 Å². The summed E-state index contributed by atoms with van der Waals surface area (Å²) in [7, 11) is 0. The van der Waals surface area contributed by atoms with Gasteiger partial charge in [0.2, 0.25) is 0 Å². The zero-order valence-corrected chi connectivity index (χ0v) is 23.1. The molecule has 1 heterocycles. The fraction of sp³-hybridized carbons (Fsp3) is 0.0435. The van der Waals surface area contributed by atoms with Crippen LogP contribution in [0.3, 0.4) is 0 Å². The maximum absolute atomic E-state index is 12.8. The molecule has 0 bridgehead atoms. The number of rotatable bonds is 5. The second-order valence-electron chi connectivity index (χ2n) is 6.58. The number of ether oxygens (including phenoxy) is 1. The summed E-state index contributed by atoms with van der Waals surface area (Å²) in [5.41, 5.74) is 2.54. The van der Waals surface area contributed by atoms with E-state index in [2.05, 4.69) is 92.0 Å². The first-order chi connectivity index (χ1) is 14.9. The fourth-order valence-electron chi connectivity index (χ4n) is 2.96. The van der Waals surface area contributed by atoms with Crippen LogP contribution >= 0.6 is 79.5 Å². The topological polar surface area (TPSA) is 46.6 Å². The van der Waals surface area contributed by atoms with E-state index in [0.717, 1.165) is 35.8 Å². The summed E-state index contributed by atoms with van der Waals surface area (Å²) in [4.78, 5) is 26.9. The molecule has 0 aromatic heterocycles. The van der Waals surface area contributed by atoms with Gasteiger partial charge in [-0.15, -0.1) is 0 Å². The minimum absolute atomic E-state index is 0.288. The Morgan fingerprint density at radius 1 is 0.903 bits per heavy atom. The Morgan fingerprint density at radius 3 is 2.19 bits per heavy atom. The highest BCUT2D eigenvalue weighted by Gasteiger charge is 2.36. The molecule has 1 saturated heterocycles. The summed E-state index contributed by atoms with van der Waals surface area (Å²) in [5.74, 6) is 0.513. The Hall–Kier alpha value is -1.12. The number of halogens is 3. The van der Waals surface area contributed by atoms with Crippen molar-refractivity contribution in [2.24, 2.45) is 0 Å². The number of hydrogen-bond acceptors (Lipinski definition) is 4. The smallest absolute Gasteiger partial charge is 0.298 e. The van der Waals surface area contributed by atoms with E-state index < -0.39 is 0 Å². The highest BCUT2D eigenvalue weighted by Crippen LogP contribution is 2.37. The number of hydrogen-bond donors (Lipinski definition) is 0. The molecule has 0 atom stereocenters. The van der Waals surface area contributed by atoms with Crippen molar-refractivity contribution in [2.45, 2.75) is 6.61 Å². The second kappa shape index (κ2) is 10.2. The molecular formula is C23H14I3NO3S. The van der Waals surface area contributed by atoms with Crippen LogP contribution in [-0.2, 0) is 11.4 Å². The molecule has 4 rings (SSSR count). The summed E-state index contributed by atoms with van der Waals surface area (Å²) in [5, 5.41) is -0.288. The third-order valence-electron chi connectivity index (χ3n) is 4.42. The van der Waals surface area contributed by atoms with Crippen molar-refractivity contribution in [1.29, 1.82) is 0 Å². The van der Waals surface area contributed by atoms with Gasteiger partial charge in [0.15, 0.2) is 0 Å². The minimum Gasteiger partial charge on any atom is -0.487 e. The Morgan fingerprint density at radius 2 is 1.55 bits per heavy atom. The van der Waals surface area contributed by atoms with Crippen LogP contribution in [0.15, 0.2) is 71.6 Å². The van der Waals surface area contributed by atoms with E-state index in [1.807, 2.05) is 30.3 Å². The first kappa shape index (κ1) is 23.1. The summed E-state index contributed by atoms with van der Waals surface area (Å²) < 4.78 is 9.14. The van der Waals surface area contributed by atoms with Gasteiger partial charge in [0, 0.05) is 3.57 Å². The Labute approximate surface area is 225 Å². The van der Waals surface area contributed by atoms with Crippen LogP contribution in [-0.4, -0.2) is 11.1 Å². The van der Waals surface area contributed by atoms with Crippen LogP contribution < -0.4 is 9.64 Å². The van der Waals surface area contributed by atoms with Gasteiger partial charge >= 0.3 is 0 Å². The molecule has 3 aromatic rings. The first-order valence-electron chi connectivity index (χ1n) is 9.11. The number of carbonyl (C=O) groups is 2. The monoisotopic (exact) mass is 765 g/mol. The van der Waals surface area contributed by atoms with Crippen LogP contribution in [0.2, 0.25) is 0 Å². The number of nitrogens with zero attached hydrogens (tertiary/aromatic N) is 1. The van der Waals surface area contributed by atoms with Crippen molar-refractivity contribution in [3.63, 3.8) is 0 Å². The standard InChI is InChI=1S/C23H14I3NO3S/c24-16-8-6-14(7-9-16)13-30-21-18(25)10-15(11-19(21)26)12-20-22(28)27(23(29)31-20)17-4-2-1-3-5-17/h1-12H,13H2/b20-12-. The predicted octanol–water partition coefficient (Wildman–Crippen LogP) is 7.32. The molecule has 1 aliphatic rings. The van der Waals surface area contributed by atoms with Gasteiger partial charge in [-0.3, -0.25) is 9.59 Å². The van der Waals surface area contributed by atoms with Gasteiger partial charge in [-0.1, -0.05) is 30.3 Å². The maximum atomic E-state index is 12.8. The third-order valence-corrected chi connectivity index (χ3v) is 7.61. The molecule has 0 aliphatic carbocycles. The molecule has 1 aliphatic heterocycles. The number of carbonyl (C=O) groups excluding carboxylic acids is 2. The lowest BCUT2D eigenvalue weighted by atomic mass is 10.2. The SMILES string of the molecule is O=C1S/C(=C\c2cc(I)c(OCc3ccc(I)cc3)c(I)c2)C(=O)N1c1ccccc1. The largest absolute Gasteiger partial charge is 0.487 e. The number of para-hydroxylation sites is 1. The summed E-state index contributed by atoms with van der Waals surface area (Å²) >= 11 is 7.72. The van der Waals surface area contributed by atoms with Crippen molar-refractivity contribution in [1.82, 2.24) is 0 Å². The molecule has 4 nitrogen and oxygen atoms in total. The summed E-state index contributed by atoms with van der Waals surface area (Å²) in [6.07, 6.45) is 1.76. The molecule has 0 spiro atoms. The van der Waals surface area contributed by atoms with E-state index in [0.29, 0.717) is 17.2 Å². The van der Waals surface area contributed by atoms with E-state index in [-0.39, 0.29) is 11.1 Å². The lowest BCUT2D eigenvalue weighted by molar-refractivity contribution is -0.113. The lowest BCUT2D eigenvalue weighted by Crippen LogP contribution is -2.27. The van der Waals surface area contributed by atoms with Crippen molar-refractivity contribution in [2.75, 3.05) is 4.90 Å². The quantitative estimate of drug-likeness (QED) is 0.202. The molecule has 0 radical (unpaired) electrons. The normalized spacial score (nSPS) is 15.1. The average molecular weight is 765 g/mol. The van der Waals surface area contributed by atoms with Gasteiger partial charge in [0.25, 0.3) is 11.1 Å². The molecule has 1 fully saturated rings. The highest BCUT2D eigenvalue weighted by molar-refractivity contribution is 14.1. The molecule has 3 aromatic carbocycles. The number of amides is 2. The molecule has 31 heavy (non-hydrogen) atoms. The predicted molar refractivity (Wildman–Crippen MR) is 150 cm³/mol. The zero-order valence-electron chi connectivity index (χ0n) is 15.8. The maximum Gasteiger partial charge on any atom is 0.298 e. The number of thioether (sulfide) groups is 1. The van der Waals surface area contributed by atoms with Crippen molar-refractivity contribution in [3.8, 4) is 5.75 Å². The Bertz CT molecular complexity index is 1160. The molecule has 0 saturated carbocycles. The molecule has 8 heteroatoms. The van der Waals surface area contributed by atoms with Gasteiger partial charge in [0.1, 0.15) is 12.4 Å². The first-order valence-corrected chi connectivity index (χ1v) is 13.2. The van der Waals surface area contributed by atoms with Crippen LogP contribution in [0, 0.1) is 10.7 Å². The van der Waals surface area contributed by atoms with Crippen LogP contribution in [0.25, 0.3) is 6.08 Å². The number of imide groups is 1. The van der Waals surface area contributed by atoms with Crippen LogP contribution in [0.4, 0.5) is 10.5 Å². The van der Waals surface area contributed by atoms with Gasteiger partial charge < -0.3 is 4.74 Å². The highest BCUT2D eigenvalue weighted by atomic mass is 127. The van der Waals surface area contributed by atoms with Crippen molar-refractivity contribution < 1.29 is 14.3 Å². The van der Waals surface area contributed by atoms with E-state index in [1.54, 1.807) is 18.2 Å². The lowest BCUT2D eigenvalue weighted by Gasteiger charge is -2.12. The fourth-order valence-corrected chi connectivity index (χ4v) is 6.28. The Balaban J connectivity index is 1.54. The molecule has 0 unspecified atom stereocenters. The molecular weight excluding hydrogens is 751 g/mol. The Kier molecular flexibility index (Phi) is 7.60. The minimum atomic E-state index is -0.301. The number of anilines is 1. The third kappa shape index (κ3) is 5.45. The van der Waals surface area contributed by atoms with Gasteiger partial charge in [-0.05, 0) is 133 Å².